The highest BCUT2D eigenvalue weighted by Crippen LogP contribution is 2.22. The third kappa shape index (κ3) is 7.04. The van der Waals surface area contributed by atoms with Gasteiger partial charge in [0.25, 0.3) is 0 Å². The SMILES string of the molecule is CCNC(=O)C(C)N(Cc1cccc(Cl)c1)C(=O)CCSc1ccc(Cl)cc1. The number of benzene rings is 2. The number of hydrogen-bond acceptors (Lipinski definition) is 3. The van der Waals surface area contributed by atoms with E-state index in [1.165, 1.54) is 0 Å². The monoisotopic (exact) mass is 438 g/mol. The minimum absolute atomic E-state index is 0.0693. The maximum absolute atomic E-state index is 12.9. The van der Waals surface area contributed by atoms with Gasteiger partial charge in [0.1, 0.15) is 6.04 Å². The van der Waals surface area contributed by atoms with Gasteiger partial charge >= 0.3 is 0 Å². The van der Waals surface area contributed by atoms with Crippen molar-refractivity contribution in [3.63, 3.8) is 0 Å². The molecule has 28 heavy (non-hydrogen) atoms. The van der Waals surface area contributed by atoms with Crippen molar-refractivity contribution in [1.29, 1.82) is 0 Å². The van der Waals surface area contributed by atoms with Crippen LogP contribution in [0, 0.1) is 0 Å². The van der Waals surface area contributed by atoms with E-state index >= 15 is 0 Å². The summed E-state index contributed by atoms with van der Waals surface area (Å²) in [5.74, 6) is 0.387. The Morgan fingerprint density at radius 2 is 1.82 bits per heavy atom. The van der Waals surface area contributed by atoms with Gasteiger partial charge in [-0.15, -0.1) is 11.8 Å². The lowest BCUT2D eigenvalue weighted by Crippen LogP contribution is -2.47. The lowest BCUT2D eigenvalue weighted by Gasteiger charge is -2.28. The molecule has 2 aromatic carbocycles. The molecule has 0 heterocycles. The van der Waals surface area contributed by atoms with Crippen LogP contribution in [-0.4, -0.2) is 35.1 Å². The third-order valence-electron chi connectivity index (χ3n) is 4.16. The molecule has 0 radical (unpaired) electrons. The van der Waals surface area contributed by atoms with Gasteiger partial charge in [-0.25, -0.2) is 0 Å². The second-order valence-corrected chi connectivity index (χ2v) is 8.32. The minimum atomic E-state index is -0.563. The molecule has 2 aromatic rings. The van der Waals surface area contributed by atoms with Crippen LogP contribution in [0.15, 0.2) is 53.4 Å². The molecule has 0 aliphatic carbocycles. The van der Waals surface area contributed by atoms with E-state index in [0.29, 0.717) is 35.3 Å². The first kappa shape index (κ1) is 22.6. The summed E-state index contributed by atoms with van der Waals surface area (Å²) < 4.78 is 0. The number of thioether (sulfide) groups is 1. The largest absolute Gasteiger partial charge is 0.355 e. The lowest BCUT2D eigenvalue weighted by molar-refractivity contribution is -0.140. The summed E-state index contributed by atoms with van der Waals surface area (Å²) in [6, 6.07) is 14.3. The van der Waals surface area contributed by atoms with Crippen molar-refractivity contribution in [3.05, 3.63) is 64.1 Å². The molecule has 0 saturated heterocycles. The number of carbonyl (C=O) groups is 2. The number of hydrogen-bond donors (Lipinski definition) is 1. The molecule has 0 saturated carbocycles. The Hall–Kier alpha value is -1.69. The molecule has 0 fully saturated rings. The molecule has 0 aliphatic heterocycles. The molecule has 0 aromatic heterocycles. The molecule has 2 amide bonds. The zero-order chi connectivity index (χ0) is 20.5. The average Bonchev–Trinajstić information content (AvgIpc) is 2.67. The maximum Gasteiger partial charge on any atom is 0.242 e. The molecular formula is C21H24Cl2N2O2S. The highest BCUT2D eigenvalue weighted by molar-refractivity contribution is 7.99. The zero-order valence-corrected chi connectivity index (χ0v) is 18.3. The van der Waals surface area contributed by atoms with Crippen molar-refractivity contribution >= 4 is 46.8 Å². The Labute approximate surface area is 180 Å². The Balaban J connectivity index is 2.04. The first-order valence-corrected chi connectivity index (χ1v) is 10.8. The molecule has 1 unspecified atom stereocenters. The standard InChI is InChI=1S/C21H24Cl2N2O2S/c1-3-24-21(27)15(2)25(14-16-5-4-6-18(23)13-16)20(26)11-12-28-19-9-7-17(22)8-10-19/h4-10,13,15H,3,11-12,14H2,1-2H3,(H,24,27). The fourth-order valence-corrected chi connectivity index (χ4v) is 3.85. The molecule has 1 atom stereocenters. The zero-order valence-electron chi connectivity index (χ0n) is 16.0. The predicted molar refractivity (Wildman–Crippen MR) is 117 cm³/mol. The molecular weight excluding hydrogens is 415 g/mol. The van der Waals surface area contributed by atoms with Crippen LogP contribution in [0.2, 0.25) is 10.0 Å². The van der Waals surface area contributed by atoms with Gasteiger partial charge in [0, 0.05) is 40.2 Å². The topological polar surface area (TPSA) is 49.4 Å². The van der Waals surface area contributed by atoms with Crippen LogP contribution in [0.3, 0.4) is 0 Å². The lowest BCUT2D eigenvalue weighted by atomic mass is 10.1. The summed E-state index contributed by atoms with van der Waals surface area (Å²) in [6.07, 6.45) is 0.331. The van der Waals surface area contributed by atoms with E-state index in [1.54, 1.807) is 29.7 Å². The maximum atomic E-state index is 12.9. The van der Waals surface area contributed by atoms with Crippen LogP contribution in [-0.2, 0) is 16.1 Å². The van der Waals surface area contributed by atoms with Crippen LogP contribution < -0.4 is 5.32 Å². The van der Waals surface area contributed by atoms with Gasteiger partial charge in [-0.3, -0.25) is 9.59 Å². The fraction of sp³-hybridized carbons (Fsp3) is 0.333. The van der Waals surface area contributed by atoms with E-state index < -0.39 is 6.04 Å². The van der Waals surface area contributed by atoms with E-state index in [4.69, 9.17) is 23.2 Å². The number of nitrogens with one attached hydrogen (secondary N) is 1. The van der Waals surface area contributed by atoms with Gasteiger partial charge in [-0.2, -0.15) is 0 Å². The Morgan fingerprint density at radius 3 is 2.46 bits per heavy atom. The van der Waals surface area contributed by atoms with Gasteiger partial charge in [-0.05, 0) is 55.8 Å². The molecule has 1 N–H and O–H groups in total. The Kier molecular flexibility index (Phi) is 9.16. The van der Waals surface area contributed by atoms with Crippen LogP contribution in [0.25, 0.3) is 0 Å². The van der Waals surface area contributed by atoms with Gasteiger partial charge in [0.05, 0.1) is 0 Å². The summed E-state index contributed by atoms with van der Waals surface area (Å²) in [7, 11) is 0. The predicted octanol–water partition coefficient (Wildman–Crippen LogP) is 5.03. The Morgan fingerprint density at radius 1 is 1.11 bits per heavy atom. The first-order chi connectivity index (χ1) is 13.4. The smallest absolute Gasteiger partial charge is 0.242 e. The number of likely N-dealkylation sites (N-methyl/N-ethyl adjacent to an activating group) is 1. The van der Waals surface area contributed by atoms with Crippen LogP contribution in [0.4, 0.5) is 0 Å². The summed E-state index contributed by atoms with van der Waals surface area (Å²) in [4.78, 5) is 27.9. The highest BCUT2D eigenvalue weighted by Gasteiger charge is 2.25. The summed E-state index contributed by atoms with van der Waals surface area (Å²) in [5, 5.41) is 4.08. The molecule has 7 heteroatoms. The van der Waals surface area contributed by atoms with Gasteiger partial charge in [0.2, 0.25) is 11.8 Å². The van der Waals surface area contributed by atoms with E-state index in [0.717, 1.165) is 10.5 Å². The average molecular weight is 439 g/mol. The van der Waals surface area contributed by atoms with E-state index in [1.807, 2.05) is 49.4 Å². The van der Waals surface area contributed by atoms with Crippen molar-refractivity contribution in [2.24, 2.45) is 0 Å². The minimum Gasteiger partial charge on any atom is -0.355 e. The molecule has 0 aliphatic rings. The summed E-state index contributed by atoms with van der Waals surface area (Å²) in [6.45, 7) is 4.47. The van der Waals surface area contributed by atoms with E-state index in [9.17, 15) is 9.59 Å². The van der Waals surface area contributed by atoms with Crippen molar-refractivity contribution in [1.82, 2.24) is 10.2 Å². The number of amides is 2. The Bertz CT molecular complexity index is 799. The number of halogens is 2. The van der Waals surface area contributed by atoms with E-state index in [-0.39, 0.29) is 11.8 Å². The van der Waals surface area contributed by atoms with Gasteiger partial charge in [0.15, 0.2) is 0 Å². The van der Waals surface area contributed by atoms with Crippen LogP contribution >= 0.6 is 35.0 Å². The quantitative estimate of drug-likeness (QED) is 0.558. The number of carbonyl (C=O) groups excluding carboxylic acids is 2. The van der Waals surface area contributed by atoms with Gasteiger partial charge in [-0.1, -0.05) is 35.3 Å². The summed E-state index contributed by atoms with van der Waals surface area (Å²) >= 11 is 13.6. The van der Waals surface area contributed by atoms with Crippen LogP contribution in [0.1, 0.15) is 25.8 Å². The van der Waals surface area contributed by atoms with Crippen molar-refractivity contribution in [2.45, 2.75) is 37.8 Å². The van der Waals surface area contributed by atoms with Crippen LogP contribution in [0.5, 0.6) is 0 Å². The van der Waals surface area contributed by atoms with E-state index in [2.05, 4.69) is 5.32 Å². The molecule has 0 spiro atoms. The van der Waals surface area contributed by atoms with Crippen molar-refractivity contribution in [2.75, 3.05) is 12.3 Å². The highest BCUT2D eigenvalue weighted by atomic mass is 35.5. The van der Waals surface area contributed by atoms with Crippen molar-refractivity contribution < 1.29 is 9.59 Å². The van der Waals surface area contributed by atoms with Gasteiger partial charge < -0.3 is 10.2 Å². The molecule has 0 bridgehead atoms. The molecule has 150 valence electrons. The fourth-order valence-electron chi connectivity index (χ4n) is 2.67. The first-order valence-electron chi connectivity index (χ1n) is 9.10. The number of nitrogens with zero attached hydrogens (tertiary/aromatic N) is 1. The number of rotatable bonds is 9. The summed E-state index contributed by atoms with van der Waals surface area (Å²) in [5.41, 5.74) is 0.891. The second-order valence-electron chi connectivity index (χ2n) is 6.27. The normalized spacial score (nSPS) is 11.7. The second kappa shape index (κ2) is 11.3. The van der Waals surface area contributed by atoms with Crippen molar-refractivity contribution in [3.8, 4) is 0 Å². The molecule has 4 nitrogen and oxygen atoms in total. The molecule has 2 rings (SSSR count). The third-order valence-corrected chi connectivity index (χ3v) is 5.66.